The standard InChI is InChI=1S/C11H13ClFNO2/c1-16-10-8(13)7(12)5-6(9(10)15)11(14)3-2-4-11/h5,15H,2-4,14H2,1H3. The van der Waals surface area contributed by atoms with E-state index in [-0.39, 0.29) is 16.5 Å². The molecule has 0 saturated heterocycles. The van der Waals surface area contributed by atoms with Crippen LogP contribution in [0.5, 0.6) is 11.5 Å². The fourth-order valence-corrected chi connectivity index (χ4v) is 2.18. The van der Waals surface area contributed by atoms with E-state index in [1.54, 1.807) is 0 Å². The van der Waals surface area contributed by atoms with Gasteiger partial charge in [-0.25, -0.2) is 4.39 Å². The number of ether oxygens (including phenoxy) is 1. The molecule has 16 heavy (non-hydrogen) atoms. The summed E-state index contributed by atoms with van der Waals surface area (Å²) in [6.07, 6.45) is 2.50. The van der Waals surface area contributed by atoms with Gasteiger partial charge in [-0.05, 0) is 25.3 Å². The van der Waals surface area contributed by atoms with E-state index in [4.69, 9.17) is 22.1 Å². The number of benzene rings is 1. The van der Waals surface area contributed by atoms with E-state index in [9.17, 15) is 9.50 Å². The van der Waals surface area contributed by atoms with Crippen LogP contribution in [0.3, 0.4) is 0 Å². The summed E-state index contributed by atoms with van der Waals surface area (Å²) in [5, 5.41) is 9.81. The van der Waals surface area contributed by atoms with Crippen LogP contribution >= 0.6 is 11.6 Å². The van der Waals surface area contributed by atoms with Crippen LogP contribution in [0.25, 0.3) is 0 Å². The highest BCUT2D eigenvalue weighted by Gasteiger charge is 2.38. The molecular formula is C11H13ClFNO2. The molecule has 0 radical (unpaired) electrons. The first-order valence-electron chi connectivity index (χ1n) is 5.04. The molecule has 1 aliphatic rings. The molecule has 0 heterocycles. The number of nitrogens with two attached hydrogens (primary N) is 1. The van der Waals surface area contributed by atoms with Crippen LogP contribution in [0.15, 0.2) is 6.07 Å². The fourth-order valence-electron chi connectivity index (χ4n) is 1.99. The van der Waals surface area contributed by atoms with Crippen LogP contribution in [0, 0.1) is 5.82 Å². The van der Waals surface area contributed by atoms with Crippen molar-refractivity contribution in [1.82, 2.24) is 0 Å². The lowest BCUT2D eigenvalue weighted by Gasteiger charge is -2.39. The van der Waals surface area contributed by atoms with Crippen molar-refractivity contribution in [2.24, 2.45) is 5.73 Å². The lowest BCUT2D eigenvalue weighted by atomic mass is 9.72. The van der Waals surface area contributed by atoms with Gasteiger partial charge >= 0.3 is 0 Å². The number of hydrogen-bond acceptors (Lipinski definition) is 3. The van der Waals surface area contributed by atoms with E-state index in [0.29, 0.717) is 5.56 Å². The topological polar surface area (TPSA) is 55.5 Å². The molecule has 0 amide bonds. The Morgan fingerprint density at radius 3 is 2.62 bits per heavy atom. The van der Waals surface area contributed by atoms with E-state index >= 15 is 0 Å². The minimum Gasteiger partial charge on any atom is -0.504 e. The van der Waals surface area contributed by atoms with Crippen molar-refractivity contribution < 1.29 is 14.2 Å². The second-order valence-electron chi connectivity index (χ2n) is 4.11. The number of hydrogen-bond donors (Lipinski definition) is 2. The Hall–Kier alpha value is -1.00. The molecule has 3 N–H and O–H groups in total. The van der Waals surface area contributed by atoms with Gasteiger partial charge in [-0.2, -0.15) is 0 Å². The first-order valence-corrected chi connectivity index (χ1v) is 5.42. The van der Waals surface area contributed by atoms with E-state index in [0.717, 1.165) is 19.3 Å². The normalized spacial score (nSPS) is 18.0. The molecule has 1 saturated carbocycles. The molecule has 0 spiro atoms. The van der Waals surface area contributed by atoms with Crippen molar-refractivity contribution >= 4 is 11.6 Å². The maximum atomic E-state index is 13.5. The molecule has 0 aromatic heterocycles. The Balaban J connectivity index is 2.58. The fraction of sp³-hybridized carbons (Fsp3) is 0.455. The Labute approximate surface area is 98.0 Å². The van der Waals surface area contributed by atoms with E-state index < -0.39 is 11.4 Å². The molecule has 1 aliphatic carbocycles. The van der Waals surface area contributed by atoms with Crippen molar-refractivity contribution in [2.75, 3.05) is 7.11 Å². The summed E-state index contributed by atoms with van der Waals surface area (Å²) in [7, 11) is 1.28. The third-order valence-electron chi connectivity index (χ3n) is 3.14. The van der Waals surface area contributed by atoms with Crippen molar-refractivity contribution in [2.45, 2.75) is 24.8 Å². The zero-order valence-corrected chi connectivity index (χ0v) is 9.64. The van der Waals surface area contributed by atoms with Gasteiger partial charge in [0, 0.05) is 11.1 Å². The summed E-state index contributed by atoms with van der Waals surface area (Å²) >= 11 is 5.74. The van der Waals surface area contributed by atoms with Crippen LogP contribution in [0.1, 0.15) is 24.8 Å². The average molecular weight is 246 g/mol. The van der Waals surface area contributed by atoms with Crippen molar-refractivity contribution in [3.05, 3.63) is 22.5 Å². The molecule has 1 aromatic rings. The van der Waals surface area contributed by atoms with Gasteiger partial charge in [0.25, 0.3) is 0 Å². The SMILES string of the molecule is COc1c(O)c(C2(N)CCC2)cc(Cl)c1F. The maximum absolute atomic E-state index is 13.5. The Bertz CT molecular complexity index is 432. The monoisotopic (exact) mass is 245 g/mol. The number of aromatic hydroxyl groups is 1. The van der Waals surface area contributed by atoms with Crippen molar-refractivity contribution in [3.63, 3.8) is 0 Å². The second-order valence-corrected chi connectivity index (χ2v) is 4.52. The average Bonchev–Trinajstić information content (AvgIpc) is 2.21. The lowest BCUT2D eigenvalue weighted by Crippen LogP contribution is -2.43. The molecule has 2 rings (SSSR count). The molecule has 0 aliphatic heterocycles. The van der Waals surface area contributed by atoms with Gasteiger partial charge in [-0.1, -0.05) is 11.6 Å². The molecule has 0 atom stereocenters. The molecule has 0 unspecified atom stereocenters. The number of phenols is 1. The smallest absolute Gasteiger partial charge is 0.198 e. The molecular weight excluding hydrogens is 233 g/mol. The molecule has 0 bridgehead atoms. The predicted molar refractivity (Wildman–Crippen MR) is 59.3 cm³/mol. The van der Waals surface area contributed by atoms with Gasteiger partial charge in [-0.15, -0.1) is 0 Å². The number of methoxy groups -OCH3 is 1. The Morgan fingerprint density at radius 1 is 1.56 bits per heavy atom. The van der Waals surface area contributed by atoms with Crippen LogP contribution < -0.4 is 10.5 Å². The van der Waals surface area contributed by atoms with Gasteiger partial charge < -0.3 is 15.6 Å². The molecule has 1 aromatic carbocycles. The molecule has 5 heteroatoms. The summed E-state index contributed by atoms with van der Waals surface area (Å²) in [5.41, 5.74) is 5.93. The second kappa shape index (κ2) is 3.79. The summed E-state index contributed by atoms with van der Waals surface area (Å²) in [5.74, 6) is -1.24. The van der Waals surface area contributed by atoms with Gasteiger partial charge in [-0.3, -0.25) is 0 Å². The van der Waals surface area contributed by atoms with Crippen LogP contribution in [-0.2, 0) is 5.54 Å². The number of phenolic OH excluding ortho intramolecular Hbond substituents is 1. The summed E-state index contributed by atoms with van der Waals surface area (Å²) in [6.45, 7) is 0. The Morgan fingerprint density at radius 2 is 2.19 bits per heavy atom. The third-order valence-corrected chi connectivity index (χ3v) is 3.41. The van der Waals surface area contributed by atoms with Crippen molar-refractivity contribution in [1.29, 1.82) is 0 Å². The van der Waals surface area contributed by atoms with Crippen LogP contribution in [0.2, 0.25) is 5.02 Å². The van der Waals surface area contributed by atoms with E-state index in [1.807, 2.05) is 0 Å². The van der Waals surface area contributed by atoms with Crippen LogP contribution in [0.4, 0.5) is 4.39 Å². The van der Waals surface area contributed by atoms with E-state index in [2.05, 4.69) is 0 Å². The summed E-state index contributed by atoms with van der Waals surface area (Å²) < 4.78 is 18.3. The molecule has 88 valence electrons. The van der Waals surface area contributed by atoms with Gasteiger partial charge in [0.05, 0.1) is 12.1 Å². The highest BCUT2D eigenvalue weighted by molar-refractivity contribution is 6.31. The first kappa shape index (κ1) is 11.5. The Kier molecular flexibility index (Phi) is 2.72. The highest BCUT2D eigenvalue weighted by atomic mass is 35.5. The highest BCUT2D eigenvalue weighted by Crippen LogP contribution is 2.47. The summed E-state index contributed by atoms with van der Waals surface area (Å²) in [6, 6.07) is 1.38. The van der Waals surface area contributed by atoms with Gasteiger partial charge in [0.15, 0.2) is 17.3 Å². The minimum atomic E-state index is -0.756. The molecule has 1 fully saturated rings. The van der Waals surface area contributed by atoms with Crippen molar-refractivity contribution in [3.8, 4) is 11.5 Å². The summed E-state index contributed by atoms with van der Waals surface area (Å²) in [4.78, 5) is 0. The van der Waals surface area contributed by atoms with E-state index in [1.165, 1.54) is 13.2 Å². The zero-order valence-electron chi connectivity index (χ0n) is 8.89. The zero-order chi connectivity index (χ0) is 11.9. The quantitative estimate of drug-likeness (QED) is 0.842. The number of rotatable bonds is 2. The number of halogens is 2. The minimum absolute atomic E-state index is 0.0821. The van der Waals surface area contributed by atoms with Crippen LogP contribution in [-0.4, -0.2) is 12.2 Å². The van der Waals surface area contributed by atoms with Gasteiger partial charge in [0.2, 0.25) is 0 Å². The first-order chi connectivity index (χ1) is 7.49. The lowest BCUT2D eigenvalue weighted by molar-refractivity contribution is 0.241. The largest absolute Gasteiger partial charge is 0.504 e. The third kappa shape index (κ3) is 1.53. The predicted octanol–water partition coefficient (Wildman–Crippen LogP) is 2.53. The molecule has 3 nitrogen and oxygen atoms in total. The van der Waals surface area contributed by atoms with Gasteiger partial charge in [0.1, 0.15) is 0 Å². The maximum Gasteiger partial charge on any atom is 0.198 e.